The van der Waals surface area contributed by atoms with Crippen LogP contribution in [0, 0.1) is 11.6 Å². The van der Waals surface area contributed by atoms with E-state index in [-0.39, 0.29) is 0 Å². The van der Waals surface area contributed by atoms with Crippen molar-refractivity contribution in [2.45, 2.75) is 25.0 Å². The Hall–Kier alpha value is -1.21. The fourth-order valence-corrected chi connectivity index (χ4v) is 3.44. The number of thioether (sulfide) groups is 1. The Morgan fingerprint density at radius 2 is 1.90 bits per heavy atom. The normalized spacial score (nSPS) is 15.9. The molecule has 1 aromatic rings. The van der Waals surface area contributed by atoms with Crippen molar-refractivity contribution in [3.63, 3.8) is 0 Å². The summed E-state index contributed by atoms with van der Waals surface area (Å²) in [5, 5.41) is 1.77. The van der Waals surface area contributed by atoms with Crippen molar-refractivity contribution >= 4 is 39.9 Å². The van der Waals surface area contributed by atoms with Crippen LogP contribution >= 0.6 is 24.0 Å². The molecule has 0 spiro atoms. The number of benzene rings is 1. The third kappa shape index (κ3) is 4.14. The van der Waals surface area contributed by atoms with Gasteiger partial charge in [0.25, 0.3) is 0 Å². The van der Waals surface area contributed by atoms with Crippen LogP contribution in [0.3, 0.4) is 0 Å². The maximum Gasteiger partial charge on any atom is 0.237 e. The molecule has 1 saturated heterocycles. The van der Waals surface area contributed by atoms with Crippen molar-refractivity contribution in [3.8, 4) is 0 Å². The predicted molar refractivity (Wildman–Crippen MR) is 85.4 cm³/mol. The number of rotatable bonds is 3. The number of halogens is 2. The highest BCUT2D eigenvalue weighted by Crippen LogP contribution is 2.23. The largest absolute Gasteiger partial charge is 0.358 e. The summed E-state index contributed by atoms with van der Waals surface area (Å²) in [6.07, 6.45) is 2.20. The van der Waals surface area contributed by atoms with E-state index in [0.29, 0.717) is 4.32 Å². The van der Waals surface area contributed by atoms with Gasteiger partial charge in [0.2, 0.25) is 5.91 Å². The molecule has 0 aliphatic carbocycles. The minimum atomic E-state index is -0.789. The molecule has 7 heteroatoms. The standard InChI is InChI=1S/C14H16F2N2OS2/c1-9(21-14(20)18-7-2-3-8-18)13(19)17-12-10(15)5-4-6-11(12)16/h4-6,9H,2-3,7-8H2,1H3,(H,17,19)/t9-/m1/s1. The zero-order valence-corrected chi connectivity index (χ0v) is 13.2. The number of hydrogen-bond acceptors (Lipinski definition) is 3. The lowest BCUT2D eigenvalue weighted by atomic mass is 10.3. The number of nitrogens with zero attached hydrogens (tertiary/aromatic N) is 1. The summed E-state index contributed by atoms with van der Waals surface area (Å²) >= 11 is 6.52. The van der Waals surface area contributed by atoms with E-state index < -0.39 is 28.5 Å². The summed E-state index contributed by atoms with van der Waals surface area (Å²) in [5.74, 6) is -2.05. The van der Waals surface area contributed by atoms with Gasteiger partial charge in [-0.2, -0.15) is 0 Å². The van der Waals surface area contributed by atoms with E-state index in [9.17, 15) is 13.6 Å². The molecule has 0 aromatic heterocycles. The highest BCUT2D eigenvalue weighted by atomic mass is 32.2. The van der Waals surface area contributed by atoms with Crippen molar-refractivity contribution in [1.82, 2.24) is 4.90 Å². The highest BCUT2D eigenvalue weighted by Gasteiger charge is 2.22. The fourth-order valence-electron chi connectivity index (χ4n) is 2.02. The minimum absolute atomic E-state index is 0.415. The molecule has 0 saturated carbocycles. The van der Waals surface area contributed by atoms with Crippen LogP contribution in [0.25, 0.3) is 0 Å². The van der Waals surface area contributed by atoms with Crippen LogP contribution in [0.2, 0.25) is 0 Å². The monoisotopic (exact) mass is 330 g/mol. The molecule has 1 aromatic carbocycles. The van der Waals surface area contributed by atoms with Gasteiger partial charge in [-0.3, -0.25) is 4.79 Å². The summed E-state index contributed by atoms with van der Waals surface area (Å²) in [6.45, 7) is 3.48. The first kappa shape index (κ1) is 16.2. The van der Waals surface area contributed by atoms with E-state index in [4.69, 9.17) is 12.2 Å². The number of likely N-dealkylation sites (tertiary alicyclic amines) is 1. The fraction of sp³-hybridized carbons (Fsp3) is 0.429. The summed E-state index contributed by atoms with van der Waals surface area (Å²) in [4.78, 5) is 14.1. The minimum Gasteiger partial charge on any atom is -0.358 e. The Labute approximate surface area is 132 Å². The van der Waals surface area contributed by atoms with Crippen molar-refractivity contribution in [3.05, 3.63) is 29.8 Å². The van der Waals surface area contributed by atoms with E-state index in [1.807, 2.05) is 4.90 Å². The Morgan fingerprint density at radius 3 is 2.48 bits per heavy atom. The summed E-state index contributed by atoms with van der Waals surface area (Å²) in [5.41, 5.74) is -0.415. The smallest absolute Gasteiger partial charge is 0.237 e. The van der Waals surface area contributed by atoms with Gasteiger partial charge in [-0.25, -0.2) is 8.78 Å². The third-order valence-corrected chi connectivity index (χ3v) is 4.80. The molecule has 1 heterocycles. The number of anilines is 1. The number of carbonyl (C=O) groups is 1. The van der Waals surface area contributed by atoms with Gasteiger partial charge in [-0.05, 0) is 31.9 Å². The molecule has 1 aliphatic rings. The summed E-state index contributed by atoms with van der Waals surface area (Å²) < 4.78 is 27.6. The molecule has 21 heavy (non-hydrogen) atoms. The first-order chi connectivity index (χ1) is 9.99. The SMILES string of the molecule is C[C@@H](SC(=S)N1CCCC1)C(=O)Nc1c(F)cccc1F. The number of para-hydroxylation sites is 1. The van der Waals surface area contributed by atoms with Crippen molar-refractivity contribution in [2.24, 2.45) is 0 Å². The van der Waals surface area contributed by atoms with E-state index in [0.717, 1.165) is 38.1 Å². The Balaban J connectivity index is 1.94. The van der Waals surface area contributed by atoms with Gasteiger partial charge >= 0.3 is 0 Å². The highest BCUT2D eigenvalue weighted by molar-refractivity contribution is 8.23. The van der Waals surface area contributed by atoms with Crippen LogP contribution in [0.5, 0.6) is 0 Å². The molecule has 2 rings (SSSR count). The number of thiocarbonyl (C=S) groups is 1. The first-order valence-corrected chi connectivity index (χ1v) is 7.98. The number of nitrogens with one attached hydrogen (secondary N) is 1. The molecule has 1 aliphatic heterocycles. The van der Waals surface area contributed by atoms with Crippen LogP contribution in [0.4, 0.5) is 14.5 Å². The molecule has 0 radical (unpaired) electrons. The Morgan fingerprint density at radius 1 is 1.33 bits per heavy atom. The zero-order chi connectivity index (χ0) is 15.4. The molecule has 3 nitrogen and oxygen atoms in total. The van der Waals surface area contributed by atoms with E-state index >= 15 is 0 Å². The first-order valence-electron chi connectivity index (χ1n) is 6.69. The van der Waals surface area contributed by atoms with Crippen molar-refractivity contribution in [1.29, 1.82) is 0 Å². The van der Waals surface area contributed by atoms with Gasteiger partial charge in [0, 0.05) is 13.1 Å². The van der Waals surface area contributed by atoms with Crippen molar-refractivity contribution < 1.29 is 13.6 Å². The molecular formula is C14H16F2N2OS2. The van der Waals surface area contributed by atoms with E-state index in [1.54, 1.807) is 6.92 Å². The second-order valence-corrected chi connectivity index (χ2v) is 6.78. The topological polar surface area (TPSA) is 32.3 Å². The average Bonchev–Trinajstić information content (AvgIpc) is 2.97. The predicted octanol–water partition coefficient (Wildman–Crippen LogP) is 3.41. The summed E-state index contributed by atoms with van der Waals surface area (Å²) in [6, 6.07) is 3.46. The second-order valence-electron chi connectivity index (χ2n) is 4.81. The van der Waals surface area contributed by atoms with Gasteiger partial charge in [0.1, 0.15) is 21.6 Å². The molecule has 1 atom stereocenters. The quantitative estimate of drug-likeness (QED) is 0.861. The van der Waals surface area contributed by atoms with Gasteiger partial charge in [-0.15, -0.1) is 0 Å². The zero-order valence-electron chi connectivity index (χ0n) is 11.6. The third-order valence-electron chi connectivity index (χ3n) is 3.22. The van der Waals surface area contributed by atoms with Crippen LogP contribution < -0.4 is 5.32 Å². The molecule has 1 amide bonds. The molecule has 1 fully saturated rings. The molecule has 0 unspecified atom stereocenters. The molecular weight excluding hydrogens is 314 g/mol. The Kier molecular flexibility index (Phi) is 5.52. The molecule has 1 N–H and O–H groups in total. The van der Waals surface area contributed by atoms with Gasteiger partial charge in [0.05, 0.1) is 5.25 Å². The number of hydrogen-bond donors (Lipinski definition) is 1. The van der Waals surface area contributed by atoms with Crippen LogP contribution in [0.15, 0.2) is 18.2 Å². The van der Waals surface area contributed by atoms with Crippen LogP contribution in [-0.4, -0.2) is 33.5 Å². The Bertz CT molecular complexity index is 528. The summed E-state index contributed by atoms with van der Waals surface area (Å²) in [7, 11) is 0. The van der Waals surface area contributed by atoms with Gasteiger partial charge in [-0.1, -0.05) is 30.0 Å². The number of carbonyl (C=O) groups excluding carboxylic acids is 1. The van der Waals surface area contributed by atoms with Crippen molar-refractivity contribution in [2.75, 3.05) is 18.4 Å². The van der Waals surface area contributed by atoms with E-state index in [2.05, 4.69) is 5.32 Å². The second kappa shape index (κ2) is 7.17. The molecule has 114 valence electrons. The molecule has 0 bridgehead atoms. The maximum atomic E-state index is 13.5. The maximum absolute atomic E-state index is 13.5. The lowest BCUT2D eigenvalue weighted by molar-refractivity contribution is -0.115. The van der Waals surface area contributed by atoms with E-state index in [1.165, 1.54) is 17.8 Å². The van der Waals surface area contributed by atoms with Gasteiger partial charge in [0.15, 0.2) is 0 Å². The number of amides is 1. The lowest BCUT2D eigenvalue weighted by Gasteiger charge is -2.20. The average molecular weight is 330 g/mol. The lowest BCUT2D eigenvalue weighted by Crippen LogP contribution is -2.29. The van der Waals surface area contributed by atoms with Gasteiger partial charge < -0.3 is 10.2 Å². The van der Waals surface area contributed by atoms with Crippen LogP contribution in [0.1, 0.15) is 19.8 Å². The van der Waals surface area contributed by atoms with Crippen LogP contribution in [-0.2, 0) is 4.79 Å².